The Kier molecular flexibility index (Phi) is 5.92. The molecular formula is C12H25O2P. The summed E-state index contributed by atoms with van der Waals surface area (Å²) in [4.78, 5) is 9.99. The lowest BCUT2D eigenvalue weighted by atomic mass is 10.0. The zero-order chi connectivity index (χ0) is 11.1. The van der Waals surface area contributed by atoms with Gasteiger partial charge in [-0.05, 0) is 19.3 Å². The normalized spacial score (nSPS) is 22.5. The Balaban J connectivity index is 2.26. The second-order valence-electron chi connectivity index (χ2n) is 4.83. The molecule has 1 aliphatic carbocycles. The van der Waals surface area contributed by atoms with Crippen LogP contribution < -0.4 is 0 Å². The maximum Gasteiger partial charge on any atom is 0.203 e. The lowest BCUT2D eigenvalue weighted by molar-refractivity contribution is 0.419. The van der Waals surface area contributed by atoms with Gasteiger partial charge in [-0.25, -0.2) is 0 Å². The molecule has 0 amide bonds. The molecule has 0 saturated heterocycles. The van der Waals surface area contributed by atoms with E-state index in [0.29, 0.717) is 6.16 Å². The Labute approximate surface area is 93.9 Å². The van der Waals surface area contributed by atoms with Crippen molar-refractivity contribution < 1.29 is 9.46 Å². The largest absolute Gasteiger partial charge is 0.344 e. The predicted molar refractivity (Wildman–Crippen MR) is 65.7 cm³/mol. The van der Waals surface area contributed by atoms with Crippen LogP contribution in [0.15, 0.2) is 0 Å². The van der Waals surface area contributed by atoms with Gasteiger partial charge in [-0.1, -0.05) is 45.4 Å². The van der Waals surface area contributed by atoms with E-state index >= 15 is 0 Å². The molecule has 90 valence electrons. The van der Waals surface area contributed by atoms with E-state index in [1.165, 1.54) is 19.3 Å². The monoisotopic (exact) mass is 232 g/mol. The number of rotatable bonds is 6. The van der Waals surface area contributed by atoms with Gasteiger partial charge in [-0.2, -0.15) is 0 Å². The van der Waals surface area contributed by atoms with E-state index < -0.39 is 7.37 Å². The molecule has 1 unspecified atom stereocenters. The summed E-state index contributed by atoms with van der Waals surface area (Å²) in [7, 11) is -2.81. The Hall–Kier alpha value is 0.190. The zero-order valence-corrected chi connectivity index (χ0v) is 10.8. The van der Waals surface area contributed by atoms with Crippen LogP contribution in [0.4, 0.5) is 0 Å². The minimum Gasteiger partial charge on any atom is -0.344 e. The third-order valence-electron chi connectivity index (χ3n) is 3.48. The molecule has 0 aliphatic heterocycles. The Bertz CT molecular complexity index is 210. The molecule has 1 saturated carbocycles. The maximum atomic E-state index is 12.1. The van der Waals surface area contributed by atoms with Crippen LogP contribution in [0.2, 0.25) is 0 Å². The molecule has 0 aromatic heterocycles. The Morgan fingerprint density at radius 2 is 1.80 bits per heavy atom. The SMILES string of the molecule is CCCCCCP(=O)(O)C1CCCCC1. The van der Waals surface area contributed by atoms with Crippen LogP contribution in [0.3, 0.4) is 0 Å². The highest BCUT2D eigenvalue weighted by Gasteiger charge is 2.30. The van der Waals surface area contributed by atoms with Gasteiger partial charge in [0.2, 0.25) is 7.37 Å². The molecule has 0 spiro atoms. The van der Waals surface area contributed by atoms with E-state index in [9.17, 15) is 9.46 Å². The smallest absolute Gasteiger partial charge is 0.203 e. The quantitative estimate of drug-likeness (QED) is 0.551. The molecule has 2 nitrogen and oxygen atoms in total. The van der Waals surface area contributed by atoms with Crippen LogP contribution in [0.5, 0.6) is 0 Å². The molecule has 15 heavy (non-hydrogen) atoms. The fraction of sp³-hybridized carbons (Fsp3) is 1.00. The summed E-state index contributed by atoms with van der Waals surface area (Å²) in [5, 5.41) is 0. The Morgan fingerprint density at radius 3 is 2.40 bits per heavy atom. The summed E-state index contributed by atoms with van der Waals surface area (Å²) in [6, 6.07) is 0. The molecule has 0 aromatic rings. The van der Waals surface area contributed by atoms with Crippen molar-refractivity contribution in [2.24, 2.45) is 0 Å². The molecule has 0 aromatic carbocycles. The van der Waals surface area contributed by atoms with Gasteiger partial charge in [-0.15, -0.1) is 0 Å². The molecule has 1 fully saturated rings. The minimum atomic E-state index is -2.81. The lowest BCUT2D eigenvalue weighted by Crippen LogP contribution is -2.14. The topological polar surface area (TPSA) is 37.3 Å². The average molecular weight is 232 g/mol. The van der Waals surface area contributed by atoms with E-state index in [-0.39, 0.29) is 5.66 Å². The summed E-state index contributed by atoms with van der Waals surface area (Å²) in [5.41, 5.74) is 0.132. The molecule has 1 N–H and O–H groups in total. The highest BCUT2D eigenvalue weighted by atomic mass is 31.2. The standard InChI is InChI=1S/C12H25O2P/c1-2-3-4-8-11-15(13,14)12-9-6-5-7-10-12/h12H,2-11H2,1H3,(H,13,14). The molecule has 1 atom stereocenters. The van der Waals surface area contributed by atoms with E-state index in [4.69, 9.17) is 0 Å². The van der Waals surface area contributed by atoms with Gasteiger partial charge in [0, 0.05) is 11.8 Å². The Morgan fingerprint density at radius 1 is 1.13 bits per heavy atom. The number of hydrogen-bond donors (Lipinski definition) is 1. The van der Waals surface area contributed by atoms with E-state index in [1.807, 2.05) is 0 Å². The predicted octanol–water partition coefficient (Wildman–Crippen LogP) is 4.17. The highest BCUT2D eigenvalue weighted by molar-refractivity contribution is 7.58. The van der Waals surface area contributed by atoms with Gasteiger partial charge in [0.25, 0.3) is 0 Å². The molecule has 0 heterocycles. The van der Waals surface area contributed by atoms with Crippen molar-refractivity contribution >= 4 is 7.37 Å². The van der Waals surface area contributed by atoms with Crippen LogP contribution in [-0.4, -0.2) is 16.7 Å². The first kappa shape index (κ1) is 13.3. The molecule has 0 radical (unpaired) electrons. The van der Waals surface area contributed by atoms with Crippen LogP contribution in [0, 0.1) is 0 Å². The third-order valence-corrected chi connectivity index (χ3v) is 6.09. The summed E-state index contributed by atoms with van der Waals surface area (Å²) < 4.78 is 12.1. The third kappa shape index (κ3) is 4.70. The number of hydrogen-bond acceptors (Lipinski definition) is 1. The van der Waals surface area contributed by atoms with Crippen molar-refractivity contribution in [1.82, 2.24) is 0 Å². The van der Waals surface area contributed by atoms with Crippen molar-refractivity contribution in [2.45, 2.75) is 70.4 Å². The first-order chi connectivity index (χ1) is 7.17. The van der Waals surface area contributed by atoms with Gasteiger partial charge in [0.05, 0.1) is 0 Å². The van der Waals surface area contributed by atoms with Gasteiger partial charge < -0.3 is 4.89 Å². The molecule has 0 bridgehead atoms. The van der Waals surface area contributed by atoms with Crippen molar-refractivity contribution in [3.05, 3.63) is 0 Å². The van der Waals surface area contributed by atoms with Crippen molar-refractivity contribution in [3.63, 3.8) is 0 Å². The van der Waals surface area contributed by atoms with Crippen LogP contribution in [0.1, 0.15) is 64.7 Å². The summed E-state index contributed by atoms with van der Waals surface area (Å²) >= 11 is 0. The van der Waals surface area contributed by atoms with Gasteiger partial charge in [0.15, 0.2) is 0 Å². The molecule has 1 rings (SSSR count). The second-order valence-corrected chi connectivity index (χ2v) is 7.52. The van der Waals surface area contributed by atoms with Gasteiger partial charge >= 0.3 is 0 Å². The van der Waals surface area contributed by atoms with E-state index in [0.717, 1.165) is 38.5 Å². The first-order valence-corrected chi connectivity index (χ1v) is 8.39. The van der Waals surface area contributed by atoms with Crippen molar-refractivity contribution in [3.8, 4) is 0 Å². The summed E-state index contributed by atoms with van der Waals surface area (Å²) in [5.74, 6) is 0. The lowest BCUT2D eigenvalue weighted by Gasteiger charge is -2.26. The van der Waals surface area contributed by atoms with Gasteiger partial charge in [-0.3, -0.25) is 4.57 Å². The number of unbranched alkanes of at least 4 members (excludes halogenated alkanes) is 3. The van der Waals surface area contributed by atoms with Crippen molar-refractivity contribution in [1.29, 1.82) is 0 Å². The zero-order valence-electron chi connectivity index (χ0n) is 9.95. The van der Waals surface area contributed by atoms with Crippen molar-refractivity contribution in [2.75, 3.05) is 6.16 Å². The van der Waals surface area contributed by atoms with E-state index in [2.05, 4.69) is 6.92 Å². The minimum absolute atomic E-state index is 0.132. The van der Waals surface area contributed by atoms with Crippen LogP contribution >= 0.6 is 7.37 Å². The van der Waals surface area contributed by atoms with Crippen LogP contribution in [0.25, 0.3) is 0 Å². The molecular weight excluding hydrogens is 207 g/mol. The maximum absolute atomic E-state index is 12.1. The fourth-order valence-corrected chi connectivity index (χ4v) is 4.65. The highest BCUT2D eigenvalue weighted by Crippen LogP contribution is 2.52. The average Bonchev–Trinajstić information content (AvgIpc) is 2.26. The summed E-state index contributed by atoms with van der Waals surface area (Å²) in [6.45, 7) is 2.17. The molecule has 1 aliphatic rings. The van der Waals surface area contributed by atoms with Gasteiger partial charge in [0.1, 0.15) is 0 Å². The first-order valence-electron chi connectivity index (χ1n) is 6.48. The van der Waals surface area contributed by atoms with E-state index in [1.54, 1.807) is 0 Å². The summed E-state index contributed by atoms with van der Waals surface area (Å²) in [6.07, 6.45) is 10.6. The second kappa shape index (κ2) is 6.70. The fourth-order valence-electron chi connectivity index (χ4n) is 2.43. The molecule has 3 heteroatoms. The van der Waals surface area contributed by atoms with Crippen LogP contribution in [-0.2, 0) is 4.57 Å².